The number of rotatable bonds is 3. The lowest BCUT2D eigenvalue weighted by molar-refractivity contribution is -0.118. The molecule has 4 nitrogen and oxygen atoms in total. The Hall–Kier alpha value is -1.39. The van der Waals surface area contributed by atoms with Crippen LogP contribution in [0.5, 0.6) is 0 Å². The van der Waals surface area contributed by atoms with Gasteiger partial charge in [0.25, 0.3) is 0 Å². The lowest BCUT2D eigenvalue weighted by Crippen LogP contribution is -2.48. The topological polar surface area (TPSA) is 44.4 Å². The number of carbonyl (C=O) groups is 1. The molecule has 4 heteroatoms. The lowest BCUT2D eigenvalue weighted by atomic mass is 9.86. The van der Waals surface area contributed by atoms with Gasteiger partial charge in [0.05, 0.1) is 0 Å². The van der Waals surface area contributed by atoms with Crippen molar-refractivity contribution in [3.8, 4) is 0 Å². The maximum atomic E-state index is 11.7. The molecule has 0 bridgehead atoms. The summed E-state index contributed by atoms with van der Waals surface area (Å²) in [6.07, 6.45) is 1.49. The predicted octanol–water partition coefficient (Wildman–Crippen LogP) is 1.08. The lowest BCUT2D eigenvalue weighted by Gasteiger charge is -2.35. The number of nitrogens with one attached hydrogen (secondary N) is 2. The first-order chi connectivity index (χ1) is 9.20. The summed E-state index contributed by atoms with van der Waals surface area (Å²) < 4.78 is 0. The van der Waals surface area contributed by atoms with Gasteiger partial charge in [0.1, 0.15) is 0 Å². The third-order valence-corrected chi connectivity index (χ3v) is 4.40. The van der Waals surface area contributed by atoms with E-state index < -0.39 is 0 Å². The van der Waals surface area contributed by atoms with Gasteiger partial charge in [-0.2, -0.15) is 0 Å². The molecule has 19 heavy (non-hydrogen) atoms. The molecule has 2 aliphatic rings. The standard InChI is InChI=1S/C15H21N3O/c1-16-15(12-8-17-9-12)11-3-5-13-10(7-11)4-6-14(19)18(13)2/h3,5,7,12,15-17H,4,6,8-9H2,1-2H3. The normalized spacial score (nSPS) is 20.9. The molecule has 1 atom stereocenters. The maximum Gasteiger partial charge on any atom is 0.227 e. The van der Waals surface area contributed by atoms with E-state index in [4.69, 9.17) is 0 Å². The summed E-state index contributed by atoms with van der Waals surface area (Å²) in [7, 11) is 3.89. The van der Waals surface area contributed by atoms with Crippen LogP contribution >= 0.6 is 0 Å². The first-order valence-corrected chi connectivity index (χ1v) is 6.98. The third-order valence-electron chi connectivity index (χ3n) is 4.40. The van der Waals surface area contributed by atoms with Crippen molar-refractivity contribution in [2.24, 2.45) is 5.92 Å². The zero-order valence-electron chi connectivity index (χ0n) is 11.6. The Kier molecular flexibility index (Phi) is 3.29. The predicted molar refractivity (Wildman–Crippen MR) is 76.3 cm³/mol. The minimum absolute atomic E-state index is 0.216. The minimum atomic E-state index is 0.216. The van der Waals surface area contributed by atoms with E-state index in [9.17, 15) is 4.79 Å². The Morgan fingerprint density at radius 2 is 2.16 bits per heavy atom. The highest BCUT2D eigenvalue weighted by Crippen LogP contribution is 2.32. The first-order valence-electron chi connectivity index (χ1n) is 6.98. The van der Waals surface area contributed by atoms with E-state index in [2.05, 4.69) is 28.8 Å². The highest BCUT2D eigenvalue weighted by Gasteiger charge is 2.28. The van der Waals surface area contributed by atoms with Crippen molar-refractivity contribution in [3.05, 3.63) is 29.3 Å². The number of fused-ring (bicyclic) bond motifs is 1. The molecule has 3 rings (SSSR count). The number of carbonyl (C=O) groups excluding carboxylic acids is 1. The fourth-order valence-electron chi connectivity index (χ4n) is 3.09. The molecule has 1 fully saturated rings. The molecular weight excluding hydrogens is 238 g/mol. The van der Waals surface area contributed by atoms with Crippen molar-refractivity contribution in [1.82, 2.24) is 10.6 Å². The highest BCUT2D eigenvalue weighted by atomic mass is 16.2. The summed E-state index contributed by atoms with van der Waals surface area (Å²) in [4.78, 5) is 13.5. The van der Waals surface area contributed by atoms with Gasteiger partial charge in [0.2, 0.25) is 5.91 Å². The minimum Gasteiger partial charge on any atom is -0.316 e. The van der Waals surface area contributed by atoms with Crippen LogP contribution in [0.15, 0.2) is 18.2 Å². The van der Waals surface area contributed by atoms with Gasteiger partial charge in [-0.05, 0) is 30.7 Å². The molecule has 2 heterocycles. The average molecular weight is 259 g/mol. The van der Waals surface area contributed by atoms with E-state index in [0.29, 0.717) is 18.4 Å². The van der Waals surface area contributed by atoms with E-state index in [1.807, 2.05) is 14.1 Å². The number of anilines is 1. The molecule has 102 valence electrons. The molecular formula is C15H21N3O. The maximum absolute atomic E-state index is 11.7. The molecule has 1 aromatic rings. The van der Waals surface area contributed by atoms with Crippen molar-refractivity contribution >= 4 is 11.6 Å². The summed E-state index contributed by atoms with van der Waals surface area (Å²) in [5, 5.41) is 6.75. The van der Waals surface area contributed by atoms with Gasteiger partial charge < -0.3 is 15.5 Å². The number of amides is 1. The van der Waals surface area contributed by atoms with Crippen molar-refractivity contribution < 1.29 is 4.79 Å². The smallest absolute Gasteiger partial charge is 0.227 e. The summed E-state index contributed by atoms with van der Waals surface area (Å²) in [5.41, 5.74) is 3.71. The van der Waals surface area contributed by atoms with Crippen LogP contribution in [0.1, 0.15) is 23.6 Å². The van der Waals surface area contributed by atoms with Gasteiger partial charge in [0.15, 0.2) is 0 Å². The molecule has 1 amide bonds. The monoisotopic (exact) mass is 259 g/mol. The number of benzene rings is 1. The van der Waals surface area contributed by atoms with E-state index in [1.54, 1.807) is 4.90 Å². The Morgan fingerprint density at radius 1 is 1.37 bits per heavy atom. The second-order valence-corrected chi connectivity index (χ2v) is 5.53. The Labute approximate surface area is 114 Å². The van der Waals surface area contributed by atoms with Gasteiger partial charge in [-0.1, -0.05) is 12.1 Å². The summed E-state index contributed by atoms with van der Waals surface area (Å²) in [6, 6.07) is 6.94. The molecule has 1 saturated heterocycles. The zero-order chi connectivity index (χ0) is 13.4. The fraction of sp³-hybridized carbons (Fsp3) is 0.533. The number of nitrogens with zero attached hydrogens (tertiary/aromatic N) is 1. The molecule has 0 spiro atoms. The van der Waals surface area contributed by atoms with Gasteiger partial charge in [0, 0.05) is 44.2 Å². The quantitative estimate of drug-likeness (QED) is 0.853. The highest BCUT2D eigenvalue weighted by molar-refractivity contribution is 5.95. The third kappa shape index (κ3) is 2.15. The molecule has 2 N–H and O–H groups in total. The molecule has 0 aliphatic carbocycles. The molecule has 1 unspecified atom stereocenters. The van der Waals surface area contributed by atoms with Gasteiger partial charge in [-0.25, -0.2) is 0 Å². The van der Waals surface area contributed by atoms with Crippen LogP contribution in [0.25, 0.3) is 0 Å². The molecule has 0 saturated carbocycles. The second kappa shape index (κ2) is 4.94. The van der Waals surface area contributed by atoms with E-state index >= 15 is 0 Å². The second-order valence-electron chi connectivity index (χ2n) is 5.53. The Morgan fingerprint density at radius 3 is 2.79 bits per heavy atom. The van der Waals surface area contributed by atoms with Crippen LogP contribution in [-0.4, -0.2) is 33.1 Å². The van der Waals surface area contributed by atoms with Crippen LogP contribution in [-0.2, 0) is 11.2 Å². The van der Waals surface area contributed by atoms with Crippen LogP contribution in [0, 0.1) is 5.92 Å². The van der Waals surface area contributed by atoms with Gasteiger partial charge in [-0.15, -0.1) is 0 Å². The summed E-state index contributed by atoms with van der Waals surface area (Å²) in [6.45, 7) is 2.17. The molecule has 1 aromatic carbocycles. The number of hydrogen-bond acceptors (Lipinski definition) is 3. The molecule has 0 aromatic heterocycles. The van der Waals surface area contributed by atoms with Crippen LogP contribution < -0.4 is 15.5 Å². The Balaban J connectivity index is 1.90. The van der Waals surface area contributed by atoms with E-state index in [1.165, 1.54) is 11.1 Å². The average Bonchev–Trinajstić information content (AvgIpc) is 2.37. The summed E-state index contributed by atoms with van der Waals surface area (Å²) >= 11 is 0. The van der Waals surface area contributed by atoms with E-state index in [-0.39, 0.29) is 5.91 Å². The fourth-order valence-corrected chi connectivity index (χ4v) is 3.09. The van der Waals surface area contributed by atoms with Gasteiger partial charge >= 0.3 is 0 Å². The van der Waals surface area contributed by atoms with Crippen molar-refractivity contribution in [1.29, 1.82) is 0 Å². The SMILES string of the molecule is CNC(c1ccc2c(c1)CCC(=O)N2C)C1CNC1. The van der Waals surface area contributed by atoms with E-state index in [0.717, 1.165) is 25.2 Å². The van der Waals surface area contributed by atoms with Crippen LogP contribution in [0.2, 0.25) is 0 Å². The largest absolute Gasteiger partial charge is 0.316 e. The summed E-state index contributed by atoms with van der Waals surface area (Å²) in [5.74, 6) is 0.889. The van der Waals surface area contributed by atoms with Crippen molar-refractivity contribution in [2.45, 2.75) is 18.9 Å². The number of hydrogen-bond donors (Lipinski definition) is 2. The van der Waals surface area contributed by atoms with Crippen molar-refractivity contribution in [2.75, 3.05) is 32.1 Å². The van der Waals surface area contributed by atoms with Gasteiger partial charge in [-0.3, -0.25) is 4.79 Å². The van der Waals surface area contributed by atoms with Crippen LogP contribution in [0.4, 0.5) is 5.69 Å². The zero-order valence-corrected chi connectivity index (χ0v) is 11.6. The number of aryl methyl sites for hydroxylation is 1. The first kappa shape index (κ1) is 12.6. The van der Waals surface area contributed by atoms with Crippen molar-refractivity contribution in [3.63, 3.8) is 0 Å². The van der Waals surface area contributed by atoms with Crippen LogP contribution in [0.3, 0.4) is 0 Å². The molecule has 0 radical (unpaired) electrons. The Bertz CT molecular complexity index is 496. The molecule has 2 aliphatic heterocycles.